The van der Waals surface area contributed by atoms with Gasteiger partial charge < -0.3 is 5.32 Å². The lowest BCUT2D eigenvalue weighted by Gasteiger charge is -2.20. The molecule has 0 heterocycles. The van der Waals surface area contributed by atoms with Crippen molar-refractivity contribution < 1.29 is 13.6 Å². The molecule has 134 valence electrons. The predicted octanol–water partition coefficient (Wildman–Crippen LogP) is 4.33. The normalized spacial score (nSPS) is 11.6. The van der Waals surface area contributed by atoms with E-state index < -0.39 is 17.5 Å². The zero-order valence-electron chi connectivity index (χ0n) is 15.1. The summed E-state index contributed by atoms with van der Waals surface area (Å²) in [5.74, 6) is -1.64. The molecule has 1 amide bonds. The van der Waals surface area contributed by atoms with Crippen LogP contribution in [0.1, 0.15) is 31.9 Å². The molecule has 0 radical (unpaired) electrons. The van der Waals surface area contributed by atoms with Crippen LogP contribution in [0.3, 0.4) is 0 Å². The minimum atomic E-state index is -0.657. The molecule has 0 aliphatic carbocycles. The van der Waals surface area contributed by atoms with Crippen molar-refractivity contribution in [3.05, 3.63) is 65.2 Å². The van der Waals surface area contributed by atoms with Gasteiger partial charge in [-0.05, 0) is 35.7 Å². The minimum absolute atomic E-state index is 0.0803. The molecule has 5 heteroatoms. The highest BCUT2D eigenvalue weighted by Gasteiger charge is 2.14. The Morgan fingerprint density at radius 1 is 1.08 bits per heavy atom. The number of rotatable bonds is 5. The fourth-order valence-electron chi connectivity index (χ4n) is 2.51. The Balaban J connectivity index is 1.92. The second-order valence-electron chi connectivity index (χ2n) is 7.29. The average molecular weight is 346 g/mol. The highest BCUT2D eigenvalue weighted by Crippen LogP contribution is 2.22. The zero-order chi connectivity index (χ0) is 18.6. The van der Waals surface area contributed by atoms with Crippen LogP contribution in [-0.2, 0) is 16.8 Å². The third kappa shape index (κ3) is 5.64. The van der Waals surface area contributed by atoms with E-state index >= 15 is 0 Å². The van der Waals surface area contributed by atoms with Crippen LogP contribution >= 0.6 is 0 Å². The number of anilines is 1. The van der Waals surface area contributed by atoms with Crippen LogP contribution in [0.15, 0.2) is 42.5 Å². The van der Waals surface area contributed by atoms with E-state index in [0.717, 1.165) is 23.8 Å². The third-order valence-corrected chi connectivity index (χ3v) is 3.89. The maximum atomic E-state index is 13.6. The summed E-state index contributed by atoms with van der Waals surface area (Å²) in [6.45, 7) is 7.14. The first-order chi connectivity index (χ1) is 11.6. The number of benzene rings is 2. The van der Waals surface area contributed by atoms with E-state index in [1.807, 2.05) is 17.0 Å². The quantitative estimate of drug-likeness (QED) is 0.874. The van der Waals surface area contributed by atoms with Gasteiger partial charge in [0.1, 0.15) is 11.6 Å². The second kappa shape index (κ2) is 7.74. The first-order valence-electron chi connectivity index (χ1n) is 8.18. The molecule has 0 fully saturated rings. The van der Waals surface area contributed by atoms with Crippen molar-refractivity contribution in [2.24, 2.45) is 0 Å². The predicted molar refractivity (Wildman–Crippen MR) is 96.5 cm³/mol. The summed E-state index contributed by atoms with van der Waals surface area (Å²) in [4.78, 5) is 13.8. The van der Waals surface area contributed by atoms with E-state index in [4.69, 9.17) is 0 Å². The Labute approximate surface area is 147 Å². The zero-order valence-corrected chi connectivity index (χ0v) is 15.1. The topological polar surface area (TPSA) is 32.3 Å². The first-order valence-corrected chi connectivity index (χ1v) is 8.18. The maximum absolute atomic E-state index is 13.6. The van der Waals surface area contributed by atoms with Crippen LogP contribution in [0.25, 0.3) is 0 Å². The Hall–Kier alpha value is -2.27. The maximum Gasteiger partial charge on any atom is 0.238 e. The summed E-state index contributed by atoms with van der Waals surface area (Å²) in [5, 5.41) is 2.40. The lowest BCUT2D eigenvalue weighted by molar-refractivity contribution is -0.117. The van der Waals surface area contributed by atoms with E-state index in [2.05, 4.69) is 38.2 Å². The fourth-order valence-corrected chi connectivity index (χ4v) is 2.51. The summed E-state index contributed by atoms with van der Waals surface area (Å²) in [6, 6.07) is 11.2. The molecule has 25 heavy (non-hydrogen) atoms. The highest BCUT2D eigenvalue weighted by atomic mass is 19.1. The molecule has 2 aromatic carbocycles. The van der Waals surface area contributed by atoms with Crippen molar-refractivity contribution in [2.45, 2.75) is 32.7 Å². The Morgan fingerprint density at radius 2 is 1.72 bits per heavy atom. The van der Waals surface area contributed by atoms with Crippen molar-refractivity contribution in [3.63, 3.8) is 0 Å². The van der Waals surface area contributed by atoms with Gasteiger partial charge in [0.15, 0.2) is 0 Å². The molecular weight excluding hydrogens is 322 g/mol. The molecule has 0 aromatic heterocycles. The SMILES string of the molecule is CN(CC(=O)Nc1cc(F)ccc1F)Cc1ccc(C(C)(C)C)cc1. The Bertz CT molecular complexity index is 736. The molecule has 0 saturated heterocycles. The lowest BCUT2D eigenvalue weighted by atomic mass is 9.87. The van der Waals surface area contributed by atoms with Gasteiger partial charge in [0, 0.05) is 12.6 Å². The average Bonchev–Trinajstić information content (AvgIpc) is 2.50. The van der Waals surface area contributed by atoms with Crippen molar-refractivity contribution in [1.82, 2.24) is 4.90 Å². The molecule has 2 aromatic rings. The van der Waals surface area contributed by atoms with E-state index in [1.54, 1.807) is 7.05 Å². The van der Waals surface area contributed by atoms with E-state index in [0.29, 0.717) is 6.54 Å². The lowest BCUT2D eigenvalue weighted by Crippen LogP contribution is -2.30. The van der Waals surface area contributed by atoms with Crippen LogP contribution < -0.4 is 5.32 Å². The number of hydrogen-bond donors (Lipinski definition) is 1. The van der Waals surface area contributed by atoms with E-state index in [9.17, 15) is 13.6 Å². The second-order valence-corrected chi connectivity index (χ2v) is 7.29. The summed E-state index contributed by atoms with van der Waals surface area (Å²) < 4.78 is 26.7. The summed E-state index contributed by atoms with van der Waals surface area (Å²) in [7, 11) is 1.80. The molecular formula is C20H24F2N2O. The molecule has 0 bridgehead atoms. The molecule has 3 nitrogen and oxygen atoms in total. The van der Waals surface area contributed by atoms with Crippen molar-refractivity contribution in [2.75, 3.05) is 18.9 Å². The molecule has 1 N–H and O–H groups in total. The van der Waals surface area contributed by atoms with Crippen molar-refractivity contribution >= 4 is 11.6 Å². The van der Waals surface area contributed by atoms with Crippen molar-refractivity contribution in [3.8, 4) is 0 Å². The van der Waals surface area contributed by atoms with Crippen LogP contribution in [0.5, 0.6) is 0 Å². The monoisotopic (exact) mass is 346 g/mol. The Kier molecular flexibility index (Phi) is 5.90. The Morgan fingerprint density at radius 3 is 2.32 bits per heavy atom. The summed E-state index contributed by atoms with van der Waals surface area (Å²) >= 11 is 0. The summed E-state index contributed by atoms with van der Waals surface area (Å²) in [5.41, 5.74) is 2.28. The number of hydrogen-bond acceptors (Lipinski definition) is 2. The number of nitrogens with one attached hydrogen (secondary N) is 1. The molecule has 0 unspecified atom stereocenters. The van der Waals surface area contributed by atoms with Crippen LogP contribution in [0.2, 0.25) is 0 Å². The number of carbonyl (C=O) groups excluding carboxylic acids is 1. The van der Waals surface area contributed by atoms with Gasteiger partial charge in [0.2, 0.25) is 5.91 Å². The molecule has 0 aliphatic rings. The van der Waals surface area contributed by atoms with Gasteiger partial charge in [-0.25, -0.2) is 8.78 Å². The number of halogens is 2. The third-order valence-electron chi connectivity index (χ3n) is 3.89. The molecule has 0 saturated carbocycles. The number of amides is 1. The van der Waals surface area contributed by atoms with Crippen LogP contribution in [0.4, 0.5) is 14.5 Å². The summed E-state index contributed by atoms with van der Waals surface area (Å²) in [6.07, 6.45) is 0. The first kappa shape index (κ1) is 19.1. The number of carbonyl (C=O) groups is 1. The van der Waals surface area contributed by atoms with E-state index in [1.165, 1.54) is 5.56 Å². The molecule has 2 rings (SSSR count). The van der Waals surface area contributed by atoms with Gasteiger partial charge >= 0.3 is 0 Å². The van der Waals surface area contributed by atoms with E-state index in [-0.39, 0.29) is 17.6 Å². The highest BCUT2D eigenvalue weighted by molar-refractivity contribution is 5.92. The minimum Gasteiger partial charge on any atom is -0.322 e. The van der Waals surface area contributed by atoms with Gasteiger partial charge in [-0.2, -0.15) is 0 Å². The van der Waals surface area contributed by atoms with Gasteiger partial charge in [0.25, 0.3) is 0 Å². The number of nitrogens with zero attached hydrogens (tertiary/aromatic N) is 1. The standard InChI is InChI=1S/C20H24F2N2O/c1-20(2,3)15-7-5-14(6-8-15)12-24(4)13-19(25)23-18-11-16(21)9-10-17(18)22/h5-11H,12-13H2,1-4H3,(H,23,25). The molecule has 0 spiro atoms. The largest absolute Gasteiger partial charge is 0.322 e. The van der Waals surface area contributed by atoms with Gasteiger partial charge in [0.05, 0.1) is 12.2 Å². The van der Waals surface area contributed by atoms with Gasteiger partial charge in [-0.15, -0.1) is 0 Å². The van der Waals surface area contributed by atoms with Gasteiger partial charge in [-0.1, -0.05) is 45.0 Å². The smallest absolute Gasteiger partial charge is 0.238 e. The van der Waals surface area contributed by atoms with Crippen molar-refractivity contribution in [1.29, 1.82) is 0 Å². The number of likely N-dealkylation sites (N-methyl/N-ethyl adjacent to an activating group) is 1. The fraction of sp³-hybridized carbons (Fsp3) is 0.350. The van der Waals surface area contributed by atoms with Gasteiger partial charge in [-0.3, -0.25) is 9.69 Å². The molecule has 0 aliphatic heterocycles. The molecule has 0 atom stereocenters. The van der Waals surface area contributed by atoms with Crippen LogP contribution in [0, 0.1) is 11.6 Å². The van der Waals surface area contributed by atoms with Crippen LogP contribution in [-0.4, -0.2) is 24.4 Å².